The number of amides is 1. The predicted molar refractivity (Wildman–Crippen MR) is 75.4 cm³/mol. The van der Waals surface area contributed by atoms with Crippen molar-refractivity contribution < 1.29 is 14.7 Å². The van der Waals surface area contributed by atoms with E-state index in [0.29, 0.717) is 16.3 Å². The molecule has 20 heavy (non-hydrogen) atoms. The maximum atomic E-state index is 12.3. The van der Waals surface area contributed by atoms with E-state index in [1.165, 1.54) is 7.11 Å². The molecular weight excluding hydrogens is 282 g/mol. The third-order valence-corrected chi connectivity index (χ3v) is 3.46. The number of nitrogens with one attached hydrogen (secondary N) is 1. The van der Waals surface area contributed by atoms with Gasteiger partial charge in [-0.2, -0.15) is 0 Å². The fourth-order valence-corrected chi connectivity index (χ4v) is 2.16. The minimum atomic E-state index is -0.465. The van der Waals surface area contributed by atoms with Crippen molar-refractivity contribution in [3.8, 4) is 5.75 Å². The highest BCUT2D eigenvalue weighted by molar-refractivity contribution is 6.30. The summed E-state index contributed by atoms with van der Waals surface area (Å²) >= 11 is 5.86. The van der Waals surface area contributed by atoms with Crippen LogP contribution < -0.4 is 15.8 Å². The lowest BCUT2D eigenvalue weighted by Crippen LogP contribution is -2.46. The smallest absolute Gasteiger partial charge is 0.255 e. The highest BCUT2D eigenvalue weighted by atomic mass is 35.5. The quantitative estimate of drug-likeness (QED) is 0.333. The van der Waals surface area contributed by atoms with Crippen LogP contribution in [0.3, 0.4) is 0 Å². The lowest BCUT2D eigenvalue weighted by atomic mass is 10.1. The Bertz CT molecular complexity index is 544. The summed E-state index contributed by atoms with van der Waals surface area (Å²) in [6.07, 6.45) is 1.89. The zero-order chi connectivity index (χ0) is 14.7. The summed E-state index contributed by atoms with van der Waals surface area (Å²) in [6.45, 7) is 0. The molecule has 0 saturated heterocycles. The summed E-state index contributed by atoms with van der Waals surface area (Å²) in [5.41, 5.74) is 5.97. The number of nitrogens with zero attached hydrogens (tertiary/aromatic N) is 1. The van der Waals surface area contributed by atoms with Crippen molar-refractivity contribution in [2.45, 2.75) is 18.9 Å². The molecule has 7 heteroatoms. The number of amidine groups is 1. The van der Waals surface area contributed by atoms with Crippen LogP contribution in [0.15, 0.2) is 23.4 Å². The Balaban J connectivity index is 2.18. The molecule has 1 aliphatic carbocycles. The van der Waals surface area contributed by atoms with Crippen LogP contribution in [0.4, 0.5) is 0 Å². The SMILES string of the molecule is COc1cc(Cl)ccc1C(=O)NC(C(N)=NO)C1CC1. The highest BCUT2D eigenvalue weighted by Crippen LogP contribution is 2.33. The number of benzene rings is 1. The molecule has 1 unspecified atom stereocenters. The normalized spacial score (nSPS) is 16.6. The average molecular weight is 298 g/mol. The van der Waals surface area contributed by atoms with Crippen LogP contribution in [0.25, 0.3) is 0 Å². The molecule has 1 fully saturated rings. The van der Waals surface area contributed by atoms with Crippen molar-refractivity contribution in [2.24, 2.45) is 16.8 Å². The first-order valence-corrected chi connectivity index (χ1v) is 6.56. The van der Waals surface area contributed by atoms with Crippen molar-refractivity contribution in [1.82, 2.24) is 5.32 Å². The fraction of sp³-hybridized carbons (Fsp3) is 0.385. The lowest BCUT2D eigenvalue weighted by molar-refractivity contribution is 0.0940. The van der Waals surface area contributed by atoms with E-state index in [4.69, 9.17) is 27.3 Å². The number of hydrogen-bond donors (Lipinski definition) is 3. The Hall–Kier alpha value is -1.95. The Labute approximate surface area is 121 Å². The first-order chi connectivity index (χ1) is 9.56. The molecule has 1 amide bonds. The van der Waals surface area contributed by atoms with E-state index in [1.807, 2.05) is 0 Å². The van der Waals surface area contributed by atoms with Gasteiger partial charge in [-0.1, -0.05) is 16.8 Å². The van der Waals surface area contributed by atoms with E-state index in [0.717, 1.165) is 12.8 Å². The van der Waals surface area contributed by atoms with E-state index >= 15 is 0 Å². The van der Waals surface area contributed by atoms with E-state index in [2.05, 4.69) is 10.5 Å². The molecule has 1 aromatic carbocycles. The van der Waals surface area contributed by atoms with Gasteiger partial charge in [-0.15, -0.1) is 0 Å². The van der Waals surface area contributed by atoms with Gasteiger partial charge >= 0.3 is 0 Å². The van der Waals surface area contributed by atoms with Gasteiger partial charge in [0.25, 0.3) is 5.91 Å². The van der Waals surface area contributed by atoms with Crippen molar-refractivity contribution in [3.63, 3.8) is 0 Å². The molecule has 0 heterocycles. The first kappa shape index (κ1) is 14.5. The number of halogens is 1. The maximum absolute atomic E-state index is 12.3. The van der Waals surface area contributed by atoms with Gasteiger partial charge in [-0.05, 0) is 37.0 Å². The zero-order valence-electron chi connectivity index (χ0n) is 11.0. The minimum absolute atomic E-state index is 0.00813. The van der Waals surface area contributed by atoms with Crippen LogP contribution in [0, 0.1) is 5.92 Å². The minimum Gasteiger partial charge on any atom is -0.496 e. The van der Waals surface area contributed by atoms with Crippen LogP contribution in [0.5, 0.6) is 5.75 Å². The average Bonchev–Trinajstić information content (AvgIpc) is 3.27. The fourth-order valence-electron chi connectivity index (χ4n) is 2.00. The second-order valence-electron chi connectivity index (χ2n) is 4.66. The van der Waals surface area contributed by atoms with E-state index in [9.17, 15) is 4.79 Å². The summed E-state index contributed by atoms with van der Waals surface area (Å²) in [5.74, 6) is 0.257. The number of carbonyl (C=O) groups is 1. The molecule has 0 spiro atoms. The van der Waals surface area contributed by atoms with Gasteiger partial charge in [-0.25, -0.2) is 0 Å². The monoisotopic (exact) mass is 297 g/mol. The molecule has 2 rings (SSSR count). The standard InChI is InChI=1S/C13H16ClN3O3/c1-20-10-6-8(14)4-5-9(10)13(18)16-11(7-2-3-7)12(15)17-19/h4-7,11,19H,2-3H2,1H3,(H2,15,17)(H,16,18). The van der Waals surface area contributed by atoms with Gasteiger partial charge in [-0.3, -0.25) is 4.79 Å². The van der Waals surface area contributed by atoms with Gasteiger partial charge < -0.3 is 21.0 Å². The Morgan fingerprint density at radius 2 is 2.30 bits per heavy atom. The largest absolute Gasteiger partial charge is 0.496 e. The summed E-state index contributed by atoms with van der Waals surface area (Å²) in [4.78, 5) is 12.3. The Morgan fingerprint density at radius 3 is 2.85 bits per heavy atom. The molecule has 0 bridgehead atoms. The Kier molecular flexibility index (Phi) is 4.34. The third-order valence-electron chi connectivity index (χ3n) is 3.22. The molecule has 6 nitrogen and oxygen atoms in total. The number of carbonyl (C=O) groups excluding carboxylic acids is 1. The van der Waals surface area contributed by atoms with Crippen LogP contribution >= 0.6 is 11.6 Å². The third kappa shape index (κ3) is 3.14. The number of rotatable bonds is 5. The van der Waals surface area contributed by atoms with E-state index < -0.39 is 6.04 Å². The molecule has 1 saturated carbocycles. The van der Waals surface area contributed by atoms with E-state index in [1.54, 1.807) is 18.2 Å². The molecule has 1 aromatic rings. The number of ether oxygens (including phenoxy) is 1. The van der Waals surface area contributed by atoms with Gasteiger partial charge in [0, 0.05) is 5.02 Å². The molecule has 0 aliphatic heterocycles. The summed E-state index contributed by atoms with van der Waals surface area (Å²) in [7, 11) is 1.46. The van der Waals surface area contributed by atoms with Gasteiger partial charge in [0.2, 0.25) is 0 Å². The zero-order valence-corrected chi connectivity index (χ0v) is 11.7. The van der Waals surface area contributed by atoms with Gasteiger partial charge in [0.1, 0.15) is 5.75 Å². The molecule has 1 atom stereocenters. The number of hydrogen-bond acceptors (Lipinski definition) is 4. The molecular formula is C13H16ClN3O3. The Morgan fingerprint density at radius 1 is 1.60 bits per heavy atom. The van der Waals surface area contributed by atoms with Crippen molar-refractivity contribution in [2.75, 3.05) is 7.11 Å². The summed E-state index contributed by atoms with van der Waals surface area (Å²) in [5, 5.41) is 15.0. The molecule has 4 N–H and O–H groups in total. The first-order valence-electron chi connectivity index (χ1n) is 6.18. The van der Waals surface area contributed by atoms with Crippen molar-refractivity contribution >= 4 is 23.3 Å². The van der Waals surface area contributed by atoms with Crippen LogP contribution in [0.2, 0.25) is 5.02 Å². The molecule has 0 radical (unpaired) electrons. The van der Waals surface area contributed by atoms with Crippen LogP contribution in [-0.4, -0.2) is 30.1 Å². The van der Waals surface area contributed by atoms with Crippen LogP contribution in [0.1, 0.15) is 23.2 Å². The topological polar surface area (TPSA) is 96.9 Å². The van der Waals surface area contributed by atoms with E-state index in [-0.39, 0.29) is 17.7 Å². The number of oxime groups is 1. The van der Waals surface area contributed by atoms with Crippen molar-refractivity contribution in [3.05, 3.63) is 28.8 Å². The predicted octanol–water partition coefficient (Wildman–Crippen LogP) is 1.60. The van der Waals surface area contributed by atoms with Crippen molar-refractivity contribution in [1.29, 1.82) is 0 Å². The van der Waals surface area contributed by atoms with Crippen LogP contribution in [-0.2, 0) is 0 Å². The number of methoxy groups -OCH3 is 1. The lowest BCUT2D eigenvalue weighted by Gasteiger charge is -2.17. The molecule has 108 valence electrons. The molecule has 1 aliphatic rings. The summed E-state index contributed by atoms with van der Waals surface area (Å²) < 4.78 is 5.14. The van der Waals surface area contributed by atoms with Gasteiger partial charge in [0.15, 0.2) is 5.84 Å². The highest BCUT2D eigenvalue weighted by Gasteiger charge is 2.35. The van der Waals surface area contributed by atoms with Gasteiger partial charge in [0.05, 0.1) is 18.7 Å². The maximum Gasteiger partial charge on any atom is 0.255 e. The summed E-state index contributed by atoms with van der Waals surface area (Å²) in [6, 6.07) is 4.28. The number of nitrogens with two attached hydrogens (primary N) is 1. The second-order valence-corrected chi connectivity index (χ2v) is 5.09. The molecule has 0 aromatic heterocycles. The second kappa shape index (κ2) is 6.00.